The summed E-state index contributed by atoms with van der Waals surface area (Å²) in [5, 5.41) is 10.1. The van der Waals surface area contributed by atoms with E-state index in [0.29, 0.717) is 12.0 Å². The van der Waals surface area contributed by atoms with E-state index in [1.807, 2.05) is 19.9 Å². The summed E-state index contributed by atoms with van der Waals surface area (Å²) >= 11 is 0. The maximum atomic E-state index is 13.1. The third-order valence-corrected chi connectivity index (χ3v) is 2.40. The lowest BCUT2D eigenvalue weighted by atomic mass is 9.90. The summed E-state index contributed by atoms with van der Waals surface area (Å²) in [6.45, 7) is 5.56. The van der Waals surface area contributed by atoms with Gasteiger partial charge < -0.3 is 5.11 Å². The molecule has 0 aliphatic heterocycles. The van der Waals surface area contributed by atoms with Crippen molar-refractivity contribution in [2.24, 2.45) is 0 Å². The molecular formula is C12H17FO. The van der Waals surface area contributed by atoms with Gasteiger partial charge in [-0.05, 0) is 43.5 Å². The van der Waals surface area contributed by atoms with Gasteiger partial charge in [-0.3, -0.25) is 0 Å². The van der Waals surface area contributed by atoms with E-state index in [2.05, 4.69) is 0 Å². The van der Waals surface area contributed by atoms with E-state index in [1.54, 1.807) is 6.92 Å². The Bertz CT molecular complexity index is 298. The van der Waals surface area contributed by atoms with Crippen LogP contribution in [0.2, 0.25) is 0 Å². The lowest BCUT2D eigenvalue weighted by Crippen LogP contribution is -2.20. The maximum Gasteiger partial charge on any atom is 0.123 e. The lowest BCUT2D eigenvalue weighted by Gasteiger charge is -2.23. The van der Waals surface area contributed by atoms with Crippen molar-refractivity contribution in [1.29, 1.82) is 0 Å². The second-order valence-corrected chi connectivity index (χ2v) is 4.04. The molecule has 0 heterocycles. The average molecular weight is 196 g/mol. The van der Waals surface area contributed by atoms with Crippen LogP contribution in [0.25, 0.3) is 0 Å². The predicted molar refractivity (Wildman–Crippen MR) is 55.6 cm³/mol. The van der Waals surface area contributed by atoms with E-state index in [-0.39, 0.29) is 5.82 Å². The number of rotatable bonds is 3. The van der Waals surface area contributed by atoms with Crippen LogP contribution in [0.4, 0.5) is 4.39 Å². The molecule has 78 valence electrons. The first-order valence-corrected chi connectivity index (χ1v) is 4.96. The Morgan fingerprint density at radius 3 is 2.50 bits per heavy atom. The zero-order chi connectivity index (χ0) is 10.8. The van der Waals surface area contributed by atoms with Crippen LogP contribution in [-0.4, -0.2) is 5.11 Å². The van der Waals surface area contributed by atoms with Gasteiger partial charge in [0.15, 0.2) is 0 Å². The molecule has 0 unspecified atom stereocenters. The first kappa shape index (κ1) is 11.2. The zero-order valence-electron chi connectivity index (χ0n) is 8.97. The summed E-state index contributed by atoms with van der Waals surface area (Å²) in [5.74, 6) is -0.281. The van der Waals surface area contributed by atoms with Crippen molar-refractivity contribution in [3.8, 4) is 0 Å². The van der Waals surface area contributed by atoms with Gasteiger partial charge >= 0.3 is 0 Å². The minimum atomic E-state index is -0.915. The van der Waals surface area contributed by atoms with E-state index < -0.39 is 5.60 Å². The summed E-state index contributed by atoms with van der Waals surface area (Å²) in [6.07, 6.45) is 1.53. The highest BCUT2D eigenvalue weighted by Gasteiger charge is 2.22. The van der Waals surface area contributed by atoms with Gasteiger partial charge in [0.05, 0.1) is 5.60 Å². The van der Waals surface area contributed by atoms with Crippen LogP contribution in [0, 0.1) is 12.7 Å². The van der Waals surface area contributed by atoms with Crippen molar-refractivity contribution in [3.63, 3.8) is 0 Å². The van der Waals surface area contributed by atoms with Crippen molar-refractivity contribution in [2.45, 2.75) is 39.2 Å². The molecule has 0 bridgehead atoms. The first-order chi connectivity index (χ1) is 6.45. The van der Waals surface area contributed by atoms with E-state index in [0.717, 1.165) is 12.0 Å². The van der Waals surface area contributed by atoms with Crippen LogP contribution in [0.1, 0.15) is 37.8 Å². The normalized spacial score (nSPS) is 15.2. The number of hydrogen-bond acceptors (Lipinski definition) is 1. The van der Waals surface area contributed by atoms with E-state index >= 15 is 0 Å². The fourth-order valence-electron chi connectivity index (χ4n) is 1.68. The summed E-state index contributed by atoms with van der Waals surface area (Å²) in [5.41, 5.74) is 0.593. The largest absolute Gasteiger partial charge is 0.385 e. The molecule has 14 heavy (non-hydrogen) atoms. The molecule has 2 heteroatoms. The Morgan fingerprint density at radius 1 is 1.36 bits per heavy atom. The number of aliphatic hydroxyl groups is 1. The summed E-state index contributed by atoms with van der Waals surface area (Å²) in [6, 6.07) is 4.70. The van der Waals surface area contributed by atoms with Crippen LogP contribution in [0.5, 0.6) is 0 Å². The molecule has 0 aliphatic rings. The Morgan fingerprint density at radius 2 is 2.00 bits per heavy atom. The SMILES string of the molecule is CCC[C@](C)(O)c1cc(C)cc(F)c1. The summed E-state index contributed by atoms with van der Waals surface area (Å²) in [7, 11) is 0. The Kier molecular flexibility index (Phi) is 3.27. The smallest absolute Gasteiger partial charge is 0.123 e. The Labute approximate surface area is 84.6 Å². The first-order valence-electron chi connectivity index (χ1n) is 4.96. The standard InChI is InChI=1S/C12H17FO/c1-4-5-12(3,14)10-6-9(2)7-11(13)8-10/h6-8,14H,4-5H2,1-3H3/t12-/m0/s1. The topological polar surface area (TPSA) is 20.2 Å². The molecule has 0 radical (unpaired) electrons. The van der Waals surface area contributed by atoms with Crippen LogP contribution in [-0.2, 0) is 5.60 Å². The average Bonchev–Trinajstić information content (AvgIpc) is 2.02. The molecule has 1 aromatic carbocycles. The molecule has 1 rings (SSSR count). The minimum Gasteiger partial charge on any atom is -0.385 e. The Balaban J connectivity index is 3.05. The molecular weight excluding hydrogens is 179 g/mol. The van der Waals surface area contributed by atoms with Gasteiger partial charge in [-0.15, -0.1) is 0 Å². The maximum absolute atomic E-state index is 13.1. The molecule has 0 saturated heterocycles. The van der Waals surface area contributed by atoms with Crippen molar-refractivity contribution in [2.75, 3.05) is 0 Å². The number of aryl methyl sites for hydroxylation is 1. The monoisotopic (exact) mass is 196 g/mol. The molecule has 1 aromatic rings. The molecule has 0 spiro atoms. The molecule has 0 saturated carbocycles. The second kappa shape index (κ2) is 4.09. The third-order valence-electron chi connectivity index (χ3n) is 2.40. The summed E-state index contributed by atoms with van der Waals surface area (Å²) < 4.78 is 13.1. The highest BCUT2D eigenvalue weighted by Crippen LogP contribution is 2.27. The van der Waals surface area contributed by atoms with Crippen LogP contribution >= 0.6 is 0 Å². The van der Waals surface area contributed by atoms with Crippen LogP contribution in [0.15, 0.2) is 18.2 Å². The van der Waals surface area contributed by atoms with E-state index in [4.69, 9.17) is 0 Å². The predicted octanol–water partition coefficient (Wildman–Crippen LogP) is 3.14. The molecule has 0 aliphatic carbocycles. The van der Waals surface area contributed by atoms with Gasteiger partial charge in [0.2, 0.25) is 0 Å². The quantitative estimate of drug-likeness (QED) is 0.787. The fourth-order valence-corrected chi connectivity index (χ4v) is 1.68. The third kappa shape index (κ3) is 2.55. The number of benzene rings is 1. The van der Waals surface area contributed by atoms with Crippen molar-refractivity contribution in [3.05, 3.63) is 35.1 Å². The van der Waals surface area contributed by atoms with Crippen molar-refractivity contribution < 1.29 is 9.50 Å². The van der Waals surface area contributed by atoms with Gasteiger partial charge in [-0.1, -0.05) is 19.4 Å². The van der Waals surface area contributed by atoms with Crippen molar-refractivity contribution in [1.82, 2.24) is 0 Å². The van der Waals surface area contributed by atoms with Gasteiger partial charge in [-0.2, -0.15) is 0 Å². The van der Waals surface area contributed by atoms with Crippen LogP contribution < -0.4 is 0 Å². The molecule has 1 N–H and O–H groups in total. The second-order valence-electron chi connectivity index (χ2n) is 4.04. The molecule has 1 atom stereocenters. The molecule has 1 nitrogen and oxygen atoms in total. The highest BCUT2D eigenvalue weighted by molar-refractivity contribution is 5.27. The Hall–Kier alpha value is -0.890. The molecule has 0 fully saturated rings. The molecule has 0 aromatic heterocycles. The fraction of sp³-hybridized carbons (Fsp3) is 0.500. The van der Waals surface area contributed by atoms with Gasteiger partial charge in [0, 0.05) is 0 Å². The van der Waals surface area contributed by atoms with Gasteiger partial charge in [-0.25, -0.2) is 4.39 Å². The van der Waals surface area contributed by atoms with Crippen molar-refractivity contribution >= 4 is 0 Å². The molecule has 0 amide bonds. The lowest BCUT2D eigenvalue weighted by molar-refractivity contribution is 0.0466. The minimum absolute atomic E-state index is 0.281. The summed E-state index contributed by atoms with van der Waals surface area (Å²) in [4.78, 5) is 0. The van der Waals surface area contributed by atoms with E-state index in [9.17, 15) is 9.50 Å². The van der Waals surface area contributed by atoms with Gasteiger partial charge in [0.1, 0.15) is 5.82 Å². The zero-order valence-corrected chi connectivity index (χ0v) is 8.97. The number of halogens is 1. The number of hydrogen-bond donors (Lipinski definition) is 1. The van der Waals surface area contributed by atoms with E-state index in [1.165, 1.54) is 12.1 Å². The van der Waals surface area contributed by atoms with Gasteiger partial charge in [0.25, 0.3) is 0 Å². The highest BCUT2D eigenvalue weighted by atomic mass is 19.1. The van der Waals surface area contributed by atoms with Crippen LogP contribution in [0.3, 0.4) is 0 Å².